The summed E-state index contributed by atoms with van der Waals surface area (Å²) in [5, 5.41) is 2.68. The fourth-order valence-corrected chi connectivity index (χ4v) is 2.30. The van der Waals surface area contributed by atoms with E-state index in [1.165, 1.54) is 13.2 Å². The van der Waals surface area contributed by atoms with Gasteiger partial charge in [0.2, 0.25) is 5.91 Å². The maximum absolute atomic E-state index is 13.1. The van der Waals surface area contributed by atoms with Crippen LogP contribution in [0, 0.1) is 24.0 Å². The summed E-state index contributed by atoms with van der Waals surface area (Å²) in [6.45, 7) is 0.278. The Morgan fingerprint density at radius 2 is 1.88 bits per heavy atom. The molecule has 0 radical (unpaired) electrons. The van der Waals surface area contributed by atoms with E-state index in [0.29, 0.717) is 23.5 Å². The normalized spacial score (nSPS) is 10.1. The quantitative estimate of drug-likeness (QED) is 0.736. The molecule has 0 spiro atoms. The van der Waals surface area contributed by atoms with Crippen molar-refractivity contribution in [1.29, 1.82) is 0 Å². The van der Waals surface area contributed by atoms with Gasteiger partial charge in [-0.2, -0.15) is 0 Å². The van der Waals surface area contributed by atoms with E-state index in [2.05, 4.69) is 11.2 Å². The standard InChI is InChI=1S/C20H19F2NO3/c1-3-10-26-18-8-5-14(12-19(18)25-2)6-9-20(24)23-13-15-4-7-16(21)17(22)11-15/h1,4-5,7-8,11-12H,6,9-10,13H2,2H3,(H,23,24). The molecule has 0 heterocycles. The molecule has 0 saturated carbocycles. The van der Waals surface area contributed by atoms with Crippen LogP contribution >= 0.6 is 0 Å². The van der Waals surface area contributed by atoms with Crippen molar-refractivity contribution in [3.05, 3.63) is 59.2 Å². The van der Waals surface area contributed by atoms with Gasteiger partial charge < -0.3 is 14.8 Å². The van der Waals surface area contributed by atoms with Gasteiger partial charge in [0.15, 0.2) is 23.1 Å². The van der Waals surface area contributed by atoms with Gasteiger partial charge in [0.25, 0.3) is 0 Å². The van der Waals surface area contributed by atoms with E-state index in [9.17, 15) is 13.6 Å². The fourth-order valence-electron chi connectivity index (χ4n) is 2.30. The summed E-state index contributed by atoms with van der Waals surface area (Å²) in [5.74, 6) is 1.42. The predicted molar refractivity (Wildman–Crippen MR) is 93.8 cm³/mol. The van der Waals surface area contributed by atoms with Crippen LogP contribution in [-0.4, -0.2) is 19.6 Å². The van der Waals surface area contributed by atoms with Gasteiger partial charge in [0, 0.05) is 13.0 Å². The summed E-state index contributed by atoms with van der Waals surface area (Å²) in [5.41, 5.74) is 1.40. The molecule has 0 atom stereocenters. The Bertz CT molecular complexity index is 815. The Hall–Kier alpha value is -3.07. The van der Waals surface area contributed by atoms with Gasteiger partial charge in [-0.3, -0.25) is 4.79 Å². The topological polar surface area (TPSA) is 47.6 Å². The number of carbonyl (C=O) groups is 1. The number of terminal acetylenes is 1. The largest absolute Gasteiger partial charge is 0.493 e. The lowest BCUT2D eigenvalue weighted by Gasteiger charge is -2.11. The summed E-state index contributed by atoms with van der Waals surface area (Å²) in [6.07, 6.45) is 5.91. The van der Waals surface area contributed by atoms with Crippen LogP contribution in [0.4, 0.5) is 8.78 Å². The van der Waals surface area contributed by atoms with Gasteiger partial charge in [-0.25, -0.2) is 8.78 Å². The molecule has 0 aromatic heterocycles. The number of ether oxygens (including phenoxy) is 2. The van der Waals surface area contributed by atoms with Crippen LogP contribution < -0.4 is 14.8 Å². The third-order valence-corrected chi connectivity index (χ3v) is 3.65. The SMILES string of the molecule is C#CCOc1ccc(CCC(=O)NCc2ccc(F)c(F)c2)cc1OC. The highest BCUT2D eigenvalue weighted by Gasteiger charge is 2.08. The predicted octanol–water partition coefficient (Wildman–Crippen LogP) is 3.23. The van der Waals surface area contributed by atoms with Gasteiger partial charge in [-0.15, -0.1) is 6.42 Å². The number of carbonyl (C=O) groups excluding carboxylic acids is 1. The smallest absolute Gasteiger partial charge is 0.220 e. The summed E-state index contributed by atoms with van der Waals surface area (Å²) < 4.78 is 36.6. The molecule has 0 saturated heterocycles. The van der Waals surface area contributed by atoms with E-state index in [0.717, 1.165) is 17.7 Å². The summed E-state index contributed by atoms with van der Waals surface area (Å²) in [7, 11) is 1.52. The second-order valence-electron chi connectivity index (χ2n) is 5.50. The Kier molecular flexibility index (Phi) is 6.98. The minimum Gasteiger partial charge on any atom is -0.493 e. The summed E-state index contributed by atoms with van der Waals surface area (Å²) >= 11 is 0. The number of hydrogen-bond donors (Lipinski definition) is 1. The molecule has 0 unspecified atom stereocenters. The number of amides is 1. The molecule has 0 aliphatic heterocycles. The number of methoxy groups -OCH3 is 1. The fraction of sp³-hybridized carbons (Fsp3) is 0.250. The number of rotatable bonds is 8. The minimum absolute atomic E-state index is 0.137. The molecule has 0 fully saturated rings. The van der Waals surface area contributed by atoms with Crippen LogP contribution in [0.15, 0.2) is 36.4 Å². The van der Waals surface area contributed by atoms with Gasteiger partial charge in [0.1, 0.15) is 6.61 Å². The number of benzene rings is 2. The number of hydrogen-bond acceptors (Lipinski definition) is 3. The molecular weight excluding hydrogens is 340 g/mol. The van der Waals surface area contributed by atoms with Crippen molar-refractivity contribution in [2.45, 2.75) is 19.4 Å². The average molecular weight is 359 g/mol. The maximum atomic E-state index is 13.1. The van der Waals surface area contributed by atoms with E-state index in [1.54, 1.807) is 12.1 Å². The highest BCUT2D eigenvalue weighted by atomic mass is 19.2. The lowest BCUT2D eigenvalue weighted by atomic mass is 10.1. The molecule has 136 valence electrons. The molecular formula is C20H19F2NO3. The van der Waals surface area contributed by atoms with E-state index in [1.807, 2.05) is 6.07 Å². The van der Waals surface area contributed by atoms with Crippen LogP contribution in [0.1, 0.15) is 17.5 Å². The van der Waals surface area contributed by atoms with Gasteiger partial charge in [-0.05, 0) is 41.8 Å². The third kappa shape index (κ3) is 5.49. The lowest BCUT2D eigenvalue weighted by Crippen LogP contribution is -2.23. The Labute approximate surface area is 151 Å². The van der Waals surface area contributed by atoms with E-state index in [4.69, 9.17) is 15.9 Å². The first-order chi connectivity index (χ1) is 12.5. The molecule has 1 N–H and O–H groups in total. The monoisotopic (exact) mass is 359 g/mol. The highest BCUT2D eigenvalue weighted by Crippen LogP contribution is 2.28. The maximum Gasteiger partial charge on any atom is 0.220 e. The second-order valence-corrected chi connectivity index (χ2v) is 5.50. The molecule has 6 heteroatoms. The molecule has 2 aromatic carbocycles. The van der Waals surface area contributed by atoms with Gasteiger partial charge in [0.05, 0.1) is 7.11 Å². The first-order valence-corrected chi connectivity index (χ1v) is 7.97. The zero-order valence-corrected chi connectivity index (χ0v) is 14.4. The lowest BCUT2D eigenvalue weighted by molar-refractivity contribution is -0.121. The minimum atomic E-state index is -0.934. The summed E-state index contributed by atoms with van der Waals surface area (Å²) in [6, 6.07) is 8.89. The Morgan fingerprint density at radius 3 is 2.58 bits per heavy atom. The van der Waals surface area contributed by atoms with Crippen molar-refractivity contribution in [2.75, 3.05) is 13.7 Å². The molecule has 0 aliphatic carbocycles. The Balaban J connectivity index is 1.86. The van der Waals surface area contributed by atoms with Crippen LogP contribution in [0.2, 0.25) is 0 Å². The van der Waals surface area contributed by atoms with Gasteiger partial charge >= 0.3 is 0 Å². The molecule has 26 heavy (non-hydrogen) atoms. The Morgan fingerprint density at radius 1 is 1.12 bits per heavy atom. The van der Waals surface area contributed by atoms with Crippen molar-refractivity contribution in [3.63, 3.8) is 0 Å². The first kappa shape index (κ1) is 19.3. The van der Waals surface area contributed by atoms with Crippen LogP contribution in [-0.2, 0) is 17.8 Å². The van der Waals surface area contributed by atoms with Crippen molar-refractivity contribution in [3.8, 4) is 23.8 Å². The molecule has 1 amide bonds. The van der Waals surface area contributed by atoms with Crippen molar-refractivity contribution in [2.24, 2.45) is 0 Å². The van der Waals surface area contributed by atoms with Crippen LogP contribution in [0.3, 0.4) is 0 Å². The van der Waals surface area contributed by atoms with Gasteiger partial charge in [-0.1, -0.05) is 18.1 Å². The molecule has 0 aliphatic rings. The zero-order chi connectivity index (χ0) is 18.9. The molecule has 2 rings (SSSR count). The zero-order valence-electron chi connectivity index (χ0n) is 14.4. The van der Waals surface area contributed by atoms with E-state index >= 15 is 0 Å². The van der Waals surface area contributed by atoms with Crippen LogP contribution in [0.25, 0.3) is 0 Å². The highest BCUT2D eigenvalue weighted by molar-refractivity contribution is 5.76. The van der Waals surface area contributed by atoms with E-state index in [-0.39, 0.29) is 25.5 Å². The number of nitrogens with one attached hydrogen (secondary N) is 1. The van der Waals surface area contributed by atoms with Crippen LogP contribution in [0.5, 0.6) is 11.5 Å². The van der Waals surface area contributed by atoms with E-state index < -0.39 is 11.6 Å². The molecule has 0 bridgehead atoms. The second kappa shape index (κ2) is 9.42. The number of halogens is 2. The first-order valence-electron chi connectivity index (χ1n) is 7.97. The van der Waals surface area contributed by atoms with Crippen molar-refractivity contribution < 1.29 is 23.0 Å². The number of aryl methyl sites for hydroxylation is 1. The average Bonchev–Trinajstić information content (AvgIpc) is 2.65. The van der Waals surface area contributed by atoms with Crippen molar-refractivity contribution in [1.82, 2.24) is 5.32 Å². The molecule has 2 aromatic rings. The third-order valence-electron chi connectivity index (χ3n) is 3.65. The summed E-state index contributed by atoms with van der Waals surface area (Å²) in [4.78, 5) is 11.9. The molecule has 4 nitrogen and oxygen atoms in total. The van der Waals surface area contributed by atoms with Crippen molar-refractivity contribution >= 4 is 5.91 Å².